The van der Waals surface area contributed by atoms with E-state index in [1.807, 2.05) is 0 Å². The van der Waals surface area contributed by atoms with Crippen molar-refractivity contribution < 1.29 is 4.74 Å². The highest BCUT2D eigenvalue weighted by molar-refractivity contribution is 5.44. The van der Waals surface area contributed by atoms with Crippen molar-refractivity contribution in [2.45, 2.75) is 70.8 Å². The van der Waals surface area contributed by atoms with E-state index < -0.39 is 0 Å². The Balaban J connectivity index is 1.89. The van der Waals surface area contributed by atoms with Gasteiger partial charge in [0.15, 0.2) is 0 Å². The second-order valence-electron chi connectivity index (χ2n) is 6.19. The van der Waals surface area contributed by atoms with Crippen LogP contribution in [0.4, 0.5) is 0 Å². The molecule has 1 N–H and O–H groups in total. The summed E-state index contributed by atoms with van der Waals surface area (Å²) in [5, 5.41) is 3.49. The number of para-hydroxylation sites is 1. The maximum atomic E-state index is 5.96. The average Bonchev–Trinajstić information content (AvgIpc) is 2.54. The first-order valence-corrected chi connectivity index (χ1v) is 8.78. The zero-order valence-electron chi connectivity index (χ0n) is 13.8. The molecule has 0 aromatic heterocycles. The molecule has 0 radical (unpaired) electrons. The summed E-state index contributed by atoms with van der Waals surface area (Å²) in [5.41, 5.74) is 2.75. The van der Waals surface area contributed by atoms with E-state index in [0.717, 1.165) is 25.2 Å². The maximum absolute atomic E-state index is 5.96. The predicted octanol–water partition coefficient (Wildman–Crippen LogP) is 5.02. The highest BCUT2D eigenvalue weighted by atomic mass is 16.5. The molecule has 1 aromatic rings. The van der Waals surface area contributed by atoms with E-state index in [4.69, 9.17) is 4.74 Å². The molecule has 1 unspecified atom stereocenters. The molecule has 21 heavy (non-hydrogen) atoms. The molecule has 2 nitrogen and oxygen atoms in total. The molecule has 2 heteroatoms. The SMILES string of the molecule is CCCCCCCCC(NC)c1cccc2c1OCCC2. The van der Waals surface area contributed by atoms with E-state index in [-0.39, 0.29) is 0 Å². The molecule has 0 amide bonds. The Morgan fingerprint density at radius 2 is 1.95 bits per heavy atom. The van der Waals surface area contributed by atoms with Crippen molar-refractivity contribution in [2.75, 3.05) is 13.7 Å². The number of benzene rings is 1. The average molecular weight is 289 g/mol. The molecule has 118 valence electrons. The second-order valence-corrected chi connectivity index (χ2v) is 6.19. The number of aryl methyl sites for hydroxylation is 1. The van der Waals surface area contributed by atoms with Crippen LogP contribution in [-0.4, -0.2) is 13.7 Å². The van der Waals surface area contributed by atoms with E-state index >= 15 is 0 Å². The number of fused-ring (bicyclic) bond motifs is 1. The largest absolute Gasteiger partial charge is 0.493 e. The lowest BCUT2D eigenvalue weighted by atomic mass is 9.94. The summed E-state index contributed by atoms with van der Waals surface area (Å²) >= 11 is 0. The summed E-state index contributed by atoms with van der Waals surface area (Å²) in [7, 11) is 2.07. The first-order chi connectivity index (χ1) is 10.4. The van der Waals surface area contributed by atoms with Gasteiger partial charge in [-0.2, -0.15) is 0 Å². The molecule has 0 saturated carbocycles. The van der Waals surface area contributed by atoms with Gasteiger partial charge in [0.1, 0.15) is 5.75 Å². The number of hydrogen-bond acceptors (Lipinski definition) is 2. The monoisotopic (exact) mass is 289 g/mol. The zero-order chi connectivity index (χ0) is 14.9. The van der Waals surface area contributed by atoms with Crippen molar-refractivity contribution >= 4 is 0 Å². The fraction of sp³-hybridized carbons (Fsp3) is 0.684. The summed E-state index contributed by atoms with van der Waals surface area (Å²) in [5.74, 6) is 1.16. The number of rotatable bonds is 9. The fourth-order valence-electron chi connectivity index (χ4n) is 3.27. The number of hydrogen-bond donors (Lipinski definition) is 1. The molecular weight excluding hydrogens is 258 g/mol. The first kappa shape index (κ1) is 16.4. The van der Waals surface area contributed by atoms with Crippen LogP contribution in [0.25, 0.3) is 0 Å². The Labute approximate surface area is 130 Å². The van der Waals surface area contributed by atoms with Gasteiger partial charge in [-0.05, 0) is 31.9 Å². The standard InChI is InChI=1S/C19H31NO/c1-3-4-5-6-7-8-14-18(20-2)17-13-9-11-16-12-10-15-21-19(16)17/h9,11,13,18,20H,3-8,10,12,14-15H2,1-2H3. The lowest BCUT2D eigenvalue weighted by Gasteiger charge is -2.25. The van der Waals surface area contributed by atoms with E-state index in [2.05, 4.69) is 37.5 Å². The van der Waals surface area contributed by atoms with Gasteiger partial charge in [-0.15, -0.1) is 0 Å². The van der Waals surface area contributed by atoms with Gasteiger partial charge in [-0.25, -0.2) is 0 Å². The van der Waals surface area contributed by atoms with Gasteiger partial charge in [0.25, 0.3) is 0 Å². The topological polar surface area (TPSA) is 21.3 Å². The molecule has 2 rings (SSSR count). The van der Waals surface area contributed by atoms with Gasteiger partial charge in [-0.3, -0.25) is 0 Å². The molecule has 1 aliphatic rings. The quantitative estimate of drug-likeness (QED) is 0.644. The summed E-state index contributed by atoms with van der Waals surface area (Å²) in [6, 6.07) is 7.08. The third-order valence-corrected chi connectivity index (χ3v) is 4.53. The van der Waals surface area contributed by atoms with Crippen LogP contribution in [-0.2, 0) is 6.42 Å². The van der Waals surface area contributed by atoms with Crippen molar-refractivity contribution in [1.82, 2.24) is 5.32 Å². The fourth-order valence-corrected chi connectivity index (χ4v) is 3.27. The molecule has 0 spiro atoms. The van der Waals surface area contributed by atoms with Gasteiger partial charge in [0, 0.05) is 11.6 Å². The summed E-state index contributed by atoms with van der Waals surface area (Å²) in [6.07, 6.45) is 11.7. The maximum Gasteiger partial charge on any atom is 0.127 e. The summed E-state index contributed by atoms with van der Waals surface area (Å²) in [6.45, 7) is 3.15. The lowest BCUT2D eigenvalue weighted by molar-refractivity contribution is 0.281. The number of nitrogens with one attached hydrogen (secondary N) is 1. The first-order valence-electron chi connectivity index (χ1n) is 8.78. The van der Waals surface area contributed by atoms with Crippen LogP contribution in [0.2, 0.25) is 0 Å². The summed E-state index contributed by atoms with van der Waals surface area (Å²) in [4.78, 5) is 0. The van der Waals surface area contributed by atoms with Gasteiger partial charge in [0.05, 0.1) is 6.61 Å². The molecule has 0 fully saturated rings. The summed E-state index contributed by atoms with van der Waals surface area (Å²) < 4.78 is 5.96. The molecule has 1 atom stereocenters. The van der Waals surface area contributed by atoms with Crippen LogP contribution in [0.5, 0.6) is 5.75 Å². The lowest BCUT2D eigenvalue weighted by Crippen LogP contribution is -2.19. The van der Waals surface area contributed by atoms with Crippen molar-refractivity contribution in [2.24, 2.45) is 0 Å². The van der Waals surface area contributed by atoms with Crippen molar-refractivity contribution in [3.05, 3.63) is 29.3 Å². The number of ether oxygens (including phenoxy) is 1. The van der Waals surface area contributed by atoms with Crippen LogP contribution in [0.1, 0.15) is 75.5 Å². The Hall–Kier alpha value is -1.02. The van der Waals surface area contributed by atoms with E-state index in [0.29, 0.717) is 6.04 Å². The molecule has 0 saturated heterocycles. The third-order valence-electron chi connectivity index (χ3n) is 4.53. The Morgan fingerprint density at radius 3 is 2.76 bits per heavy atom. The van der Waals surface area contributed by atoms with Crippen LogP contribution in [0.3, 0.4) is 0 Å². The third kappa shape index (κ3) is 4.74. The highest BCUT2D eigenvalue weighted by Gasteiger charge is 2.19. The molecule has 1 aromatic carbocycles. The molecule has 1 aliphatic heterocycles. The minimum Gasteiger partial charge on any atom is -0.493 e. The van der Waals surface area contributed by atoms with Crippen molar-refractivity contribution in [1.29, 1.82) is 0 Å². The van der Waals surface area contributed by atoms with E-state index in [1.165, 1.54) is 56.1 Å². The molecule has 0 aliphatic carbocycles. The van der Waals surface area contributed by atoms with E-state index in [9.17, 15) is 0 Å². The molecule has 1 heterocycles. The number of unbranched alkanes of at least 4 members (excludes halogenated alkanes) is 5. The zero-order valence-corrected chi connectivity index (χ0v) is 13.8. The predicted molar refractivity (Wildman–Crippen MR) is 90.1 cm³/mol. The Bertz CT molecular complexity index is 416. The van der Waals surface area contributed by atoms with Crippen LogP contribution < -0.4 is 10.1 Å². The van der Waals surface area contributed by atoms with Gasteiger partial charge < -0.3 is 10.1 Å². The van der Waals surface area contributed by atoms with Crippen LogP contribution >= 0.6 is 0 Å². The second kappa shape index (κ2) is 9.09. The Kier molecular flexibility index (Phi) is 7.08. The van der Waals surface area contributed by atoms with Gasteiger partial charge >= 0.3 is 0 Å². The minimum atomic E-state index is 0.434. The molecular formula is C19H31NO. The van der Waals surface area contributed by atoms with Crippen LogP contribution in [0.15, 0.2) is 18.2 Å². The minimum absolute atomic E-state index is 0.434. The molecule has 0 bridgehead atoms. The van der Waals surface area contributed by atoms with Crippen LogP contribution in [0, 0.1) is 0 Å². The normalized spacial score (nSPS) is 15.3. The highest BCUT2D eigenvalue weighted by Crippen LogP contribution is 2.34. The van der Waals surface area contributed by atoms with Gasteiger partial charge in [-0.1, -0.05) is 63.6 Å². The Morgan fingerprint density at radius 1 is 1.14 bits per heavy atom. The van der Waals surface area contributed by atoms with E-state index in [1.54, 1.807) is 0 Å². The van der Waals surface area contributed by atoms with Crippen molar-refractivity contribution in [3.63, 3.8) is 0 Å². The van der Waals surface area contributed by atoms with Crippen molar-refractivity contribution in [3.8, 4) is 5.75 Å². The van der Waals surface area contributed by atoms with Gasteiger partial charge in [0.2, 0.25) is 0 Å². The smallest absolute Gasteiger partial charge is 0.127 e.